The summed E-state index contributed by atoms with van der Waals surface area (Å²) in [4.78, 5) is 23.0. The molecule has 0 radical (unpaired) electrons. The molecule has 2 amide bonds. The minimum Gasteiger partial charge on any atom is -0.480 e. The second-order valence-corrected chi connectivity index (χ2v) is 3.56. The zero-order valence-corrected chi connectivity index (χ0v) is 8.41. The third-order valence-corrected chi connectivity index (χ3v) is 2.32. The van der Waals surface area contributed by atoms with Gasteiger partial charge in [-0.15, -0.1) is 0 Å². The molecule has 1 aliphatic rings. The Balaban J connectivity index is 2.50. The fourth-order valence-corrected chi connectivity index (χ4v) is 1.36. The first-order valence-electron chi connectivity index (χ1n) is 4.71. The zero-order valence-electron chi connectivity index (χ0n) is 8.41. The van der Waals surface area contributed by atoms with Gasteiger partial charge in [0.25, 0.3) is 0 Å². The fourth-order valence-electron chi connectivity index (χ4n) is 1.36. The lowest BCUT2D eigenvalue weighted by Gasteiger charge is -2.19. The number of carboxylic acid groups (broad SMARTS) is 1. The highest BCUT2D eigenvalue weighted by molar-refractivity contribution is 5.82. The molecule has 1 rings (SSSR count). The van der Waals surface area contributed by atoms with Gasteiger partial charge in [0.2, 0.25) is 0 Å². The molecule has 1 fully saturated rings. The third-order valence-electron chi connectivity index (χ3n) is 2.32. The quantitative estimate of drug-likeness (QED) is 0.358. The van der Waals surface area contributed by atoms with Gasteiger partial charge in [0.05, 0.1) is 31.9 Å². The summed E-state index contributed by atoms with van der Waals surface area (Å²) >= 11 is 0. The van der Waals surface area contributed by atoms with Crippen molar-refractivity contribution in [2.45, 2.75) is 18.2 Å². The van der Waals surface area contributed by atoms with Crippen molar-refractivity contribution < 1.29 is 30.0 Å². The fraction of sp³-hybridized carbons (Fsp3) is 0.750. The highest BCUT2D eigenvalue weighted by Gasteiger charge is 2.33. The molecular formula is C8H14N2O6. The number of aliphatic carboxylic acids is 1. The lowest BCUT2D eigenvalue weighted by atomic mass is 10.3. The van der Waals surface area contributed by atoms with Crippen molar-refractivity contribution in [3.63, 3.8) is 0 Å². The van der Waals surface area contributed by atoms with Crippen LogP contribution in [-0.4, -0.2) is 75.3 Å². The Kier molecular flexibility index (Phi) is 4.05. The number of hydrogen-bond acceptors (Lipinski definition) is 5. The van der Waals surface area contributed by atoms with E-state index in [0.29, 0.717) is 0 Å². The number of hydrogen-bond donors (Lipinski definition) is 5. The SMILES string of the molecule is O=C(O)[C@@H](CO)NC(=O)N1CC(O)C(O)C1. The Morgan fingerprint density at radius 1 is 1.31 bits per heavy atom. The zero-order chi connectivity index (χ0) is 12.3. The van der Waals surface area contributed by atoms with Crippen molar-refractivity contribution in [1.29, 1.82) is 0 Å². The van der Waals surface area contributed by atoms with Crippen molar-refractivity contribution in [3.05, 3.63) is 0 Å². The number of likely N-dealkylation sites (tertiary alicyclic amines) is 1. The predicted octanol–water partition coefficient (Wildman–Crippen LogP) is -2.82. The molecule has 0 saturated carbocycles. The van der Waals surface area contributed by atoms with Crippen LogP contribution in [0.2, 0.25) is 0 Å². The lowest BCUT2D eigenvalue weighted by molar-refractivity contribution is -0.140. The van der Waals surface area contributed by atoms with Gasteiger partial charge in [0, 0.05) is 0 Å². The summed E-state index contributed by atoms with van der Waals surface area (Å²) in [5, 5.41) is 37.7. The van der Waals surface area contributed by atoms with Crippen LogP contribution in [0.5, 0.6) is 0 Å². The van der Waals surface area contributed by atoms with Crippen LogP contribution in [0.25, 0.3) is 0 Å². The predicted molar refractivity (Wildman–Crippen MR) is 50.6 cm³/mol. The average Bonchev–Trinajstić information content (AvgIpc) is 2.55. The molecule has 0 bridgehead atoms. The van der Waals surface area contributed by atoms with Crippen LogP contribution in [0, 0.1) is 0 Å². The largest absolute Gasteiger partial charge is 0.480 e. The van der Waals surface area contributed by atoms with Gasteiger partial charge in [-0.3, -0.25) is 0 Å². The minimum absolute atomic E-state index is 0.0647. The molecule has 8 heteroatoms. The number of nitrogens with one attached hydrogen (secondary N) is 1. The van der Waals surface area contributed by atoms with Gasteiger partial charge in [0.1, 0.15) is 0 Å². The van der Waals surface area contributed by atoms with Gasteiger partial charge in [-0.05, 0) is 0 Å². The summed E-state index contributed by atoms with van der Waals surface area (Å²) in [6, 6.07) is -2.13. The van der Waals surface area contributed by atoms with Crippen LogP contribution < -0.4 is 5.32 Å². The van der Waals surface area contributed by atoms with Crippen molar-refractivity contribution >= 4 is 12.0 Å². The normalized spacial score (nSPS) is 26.6. The Hall–Kier alpha value is -1.38. The van der Waals surface area contributed by atoms with E-state index in [1.54, 1.807) is 0 Å². The van der Waals surface area contributed by atoms with E-state index in [-0.39, 0.29) is 13.1 Å². The number of rotatable bonds is 3. The molecule has 92 valence electrons. The standard InChI is InChI=1S/C8H14N2O6/c11-3-4(7(14)15)9-8(16)10-1-5(12)6(13)2-10/h4-6,11-13H,1-3H2,(H,9,16)(H,14,15)/t4-,5?,6?/m1/s1. The lowest BCUT2D eigenvalue weighted by Crippen LogP contribution is -2.49. The number of nitrogens with zero attached hydrogens (tertiary/aromatic N) is 1. The van der Waals surface area contributed by atoms with E-state index in [9.17, 15) is 19.8 Å². The molecule has 1 heterocycles. The topological polar surface area (TPSA) is 130 Å². The van der Waals surface area contributed by atoms with E-state index in [0.717, 1.165) is 4.90 Å². The summed E-state index contributed by atoms with van der Waals surface area (Å²) < 4.78 is 0. The van der Waals surface area contributed by atoms with Crippen LogP contribution in [-0.2, 0) is 4.79 Å². The highest BCUT2D eigenvalue weighted by Crippen LogP contribution is 2.09. The Morgan fingerprint density at radius 2 is 1.81 bits per heavy atom. The highest BCUT2D eigenvalue weighted by atomic mass is 16.4. The first-order chi connectivity index (χ1) is 7.45. The Bertz CT molecular complexity index is 274. The second-order valence-electron chi connectivity index (χ2n) is 3.56. The van der Waals surface area contributed by atoms with E-state index < -0.39 is 36.9 Å². The van der Waals surface area contributed by atoms with Crippen molar-refractivity contribution in [3.8, 4) is 0 Å². The van der Waals surface area contributed by atoms with Crippen LogP contribution in [0.3, 0.4) is 0 Å². The number of urea groups is 1. The van der Waals surface area contributed by atoms with Crippen LogP contribution in [0.4, 0.5) is 4.79 Å². The molecule has 1 saturated heterocycles. The maximum Gasteiger partial charge on any atom is 0.328 e. The molecule has 8 nitrogen and oxygen atoms in total. The number of aliphatic hydroxyl groups is 3. The number of amides is 2. The van der Waals surface area contributed by atoms with E-state index in [4.69, 9.17) is 10.2 Å². The summed E-state index contributed by atoms with van der Waals surface area (Å²) in [7, 11) is 0. The van der Waals surface area contributed by atoms with Gasteiger partial charge in [-0.1, -0.05) is 0 Å². The van der Waals surface area contributed by atoms with E-state index in [1.165, 1.54) is 0 Å². The molecule has 1 aliphatic heterocycles. The Morgan fingerprint density at radius 3 is 2.19 bits per heavy atom. The number of carboxylic acids is 1. The van der Waals surface area contributed by atoms with Gasteiger partial charge >= 0.3 is 12.0 Å². The van der Waals surface area contributed by atoms with E-state index in [2.05, 4.69) is 5.32 Å². The van der Waals surface area contributed by atoms with Crippen molar-refractivity contribution in [2.75, 3.05) is 19.7 Å². The van der Waals surface area contributed by atoms with Crippen LogP contribution in [0.15, 0.2) is 0 Å². The summed E-state index contributed by atoms with van der Waals surface area (Å²) in [6.07, 6.45) is -2.05. The molecular weight excluding hydrogens is 220 g/mol. The maximum absolute atomic E-state index is 11.4. The molecule has 5 N–H and O–H groups in total. The molecule has 0 aromatic rings. The van der Waals surface area contributed by atoms with E-state index >= 15 is 0 Å². The van der Waals surface area contributed by atoms with Gasteiger partial charge < -0.3 is 30.6 Å². The third kappa shape index (κ3) is 2.81. The van der Waals surface area contributed by atoms with Gasteiger partial charge in [0.15, 0.2) is 6.04 Å². The summed E-state index contributed by atoms with van der Waals surface area (Å²) in [6.45, 7) is -0.852. The number of carbonyl (C=O) groups excluding carboxylic acids is 1. The Labute approximate surface area is 91.1 Å². The summed E-state index contributed by atoms with van der Waals surface area (Å²) in [5.74, 6) is -1.35. The van der Waals surface area contributed by atoms with Crippen LogP contribution >= 0.6 is 0 Å². The van der Waals surface area contributed by atoms with Gasteiger partial charge in [-0.2, -0.15) is 0 Å². The second kappa shape index (κ2) is 5.10. The van der Waals surface area contributed by atoms with Gasteiger partial charge in [-0.25, -0.2) is 9.59 Å². The molecule has 3 atom stereocenters. The molecule has 0 aliphatic carbocycles. The van der Waals surface area contributed by atoms with Crippen LogP contribution in [0.1, 0.15) is 0 Å². The molecule has 0 aromatic carbocycles. The molecule has 0 aromatic heterocycles. The number of aliphatic hydroxyl groups excluding tert-OH is 3. The average molecular weight is 234 g/mol. The first kappa shape index (κ1) is 12.7. The molecule has 0 spiro atoms. The van der Waals surface area contributed by atoms with Crippen molar-refractivity contribution in [1.82, 2.24) is 10.2 Å². The maximum atomic E-state index is 11.4. The molecule has 2 unspecified atom stereocenters. The van der Waals surface area contributed by atoms with Crippen molar-refractivity contribution in [2.24, 2.45) is 0 Å². The molecule has 16 heavy (non-hydrogen) atoms. The monoisotopic (exact) mass is 234 g/mol. The smallest absolute Gasteiger partial charge is 0.328 e. The first-order valence-corrected chi connectivity index (χ1v) is 4.71. The summed E-state index contributed by atoms with van der Waals surface area (Å²) in [5.41, 5.74) is 0. The number of carbonyl (C=O) groups is 2. The van der Waals surface area contributed by atoms with E-state index in [1.807, 2.05) is 0 Å². The number of β-amino-alcohol motifs (C(OH)–C–C–N with tert-alkyl or cyclic N) is 2. The minimum atomic E-state index is -1.39.